The van der Waals surface area contributed by atoms with Crippen molar-refractivity contribution >= 4 is 52.6 Å². The molecule has 42 heavy (non-hydrogen) atoms. The second-order valence-electron chi connectivity index (χ2n) is 10.1. The Morgan fingerprint density at radius 2 is 1.21 bits per heavy atom. The van der Waals surface area contributed by atoms with Gasteiger partial charge in [0, 0.05) is 65.1 Å². The summed E-state index contributed by atoms with van der Waals surface area (Å²) < 4.78 is 0. The van der Waals surface area contributed by atoms with Crippen molar-refractivity contribution in [2.75, 3.05) is 31.1 Å². The van der Waals surface area contributed by atoms with Crippen LogP contribution < -0.4 is 4.90 Å². The molecule has 0 unspecified atom stereocenters. The molecule has 1 aliphatic heterocycles. The molecule has 1 saturated heterocycles. The molecule has 1 N–H and O–H groups in total. The first-order valence-corrected chi connectivity index (χ1v) is 14.5. The van der Waals surface area contributed by atoms with Crippen molar-refractivity contribution < 1.29 is 14.7 Å². The van der Waals surface area contributed by atoms with Crippen LogP contribution in [0.2, 0.25) is 10.0 Å². The molecule has 1 heterocycles. The number of ketones is 2. The summed E-state index contributed by atoms with van der Waals surface area (Å²) in [6.45, 7) is 3.75. The predicted octanol–water partition coefficient (Wildman–Crippen LogP) is 7.81. The zero-order valence-corrected chi connectivity index (χ0v) is 24.4. The Morgan fingerprint density at radius 3 is 1.79 bits per heavy atom. The zero-order valence-electron chi connectivity index (χ0n) is 22.9. The minimum Gasteiger partial charge on any atom is -0.508 e. The van der Waals surface area contributed by atoms with Crippen molar-refractivity contribution in [2.24, 2.45) is 0 Å². The van der Waals surface area contributed by atoms with Gasteiger partial charge in [0.05, 0.1) is 0 Å². The Morgan fingerprint density at radius 1 is 0.690 bits per heavy atom. The van der Waals surface area contributed by atoms with E-state index < -0.39 is 0 Å². The van der Waals surface area contributed by atoms with Crippen LogP contribution in [-0.2, 0) is 6.54 Å². The van der Waals surface area contributed by atoms with E-state index in [0.717, 1.165) is 43.0 Å². The summed E-state index contributed by atoms with van der Waals surface area (Å²) in [7, 11) is 0. The maximum absolute atomic E-state index is 12.8. The van der Waals surface area contributed by atoms with Gasteiger partial charge in [-0.05, 0) is 90.0 Å². The Balaban J connectivity index is 1.16. The van der Waals surface area contributed by atoms with Crippen LogP contribution >= 0.6 is 23.2 Å². The molecule has 0 spiro atoms. The molecule has 0 amide bonds. The lowest BCUT2D eigenvalue weighted by Crippen LogP contribution is -2.46. The first kappa shape index (κ1) is 29.3. The van der Waals surface area contributed by atoms with Crippen LogP contribution in [0.25, 0.3) is 12.2 Å². The van der Waals surface area contributed by atoms with Crippen molar-refractivity contribution in [1.82, 2.24) is 4.90 Å². The van der Waals surface area contributed by atoms with E-state index in [1.807, 2.05) is 60.7 Å². The van der Waals surface area contributed by atoms with Crippen LogP contribution in [0.5, 0.6) is 5.75 Å². The van der Waals surface area contributed by atoms with Crippen LogP contribution in [0, 0.1) is 0 Å². The fourth-order valence-corrected chi connectivity index (χ4v) is 5.25. The van der Waals surface area contributed by atoms with Crippen LogP contribution in [0.1, 0.15) is 37.4 Å². The number of hydrogen-bond donors (Lipinski definition) is 1. The Bertz CT molecular complexity index is 1640. The van der Waals surface area contributed by atoms with Gasteiger partial charge < -0.3 is 10.0 Å². The van der Waals surface area contributed by atoms with Gasteiger partial charge in [-0.25, -0.2) is 0 Å². The van der Waals surface area contributed by atoms with Gasteiger partial charge >= 0.3 is 0 Å². The molecule has 4 aromatic carbocycles. The lowest BCUT2D eigenvalue weighted by Gasteiger charge is -2.36. The number of nitrogens with zero attached hydrogens (tertiary/aromatic N) is 2. The number of phenolic OH excluding ortho intramolecular Hbond substituents is 1. The minimum atomic E-state index is -0.151. The quantitative estimate of drug-likeness (QED) is 0.158. The third-order valence-electron chi connectivity index (χ3n) is 7.29. The lowest BCUT2D eigenvalue weighted by atomic mass is 10.0. The standard InChI is InChI=1S/C35H30Cl2N2O3/c36-31-7-3-1-5-25(31)11-16-33(40)27-9-14-30(15-10-27)39-21-19-38(20-22-39)24-29-23-28(13-18-35(29)42)34(41)17-12-26-6-2-4-8-32(26)37/h1-18,23,42H,19-22,24H2/b16-11+,17-12+. The van der Waals surface area contributed by atoms with E-state index in [9.17, 15) is 14.7 Å². The molecule has 0 aromatic heterocycles. The van der Waals surface area contributed by atoms with Gasteiger partial charge in [-0.15, -0.1) is 0 Å². The predicted molar refractivity (Wildman–Crippen MR) is 172 cm³/mol. The molecular formula is C35H30Cl2N2O3. The number of allylic oxidation sites excluding steroid dienone is 2. The number of hydrogen-bond acceptors (Lipinski definition) is 5. The first-order chi connectivity index (χ1) is 20.4. The molecule has 0 atom stereocenters. The molecule has 5 rings (SSSR count). The summed E-state index contributed by atoms with van der Waals surface area (Å²) in [4.78, 5) is 30.0. The summed E-state index contributed by atoms with van der Waals surface area (Å²) >= 11 is 12.4. The molecule has 0 aliphatic carbocycles. The van der Waals surface area contributed by atoms with Crippen LogP contribution in [0.4, 0.5) is 5.69 Å². The Labute approximate surface area is 255 Å². The van der Waals surface area contributed by atoms with E-state index in [1.165, 1.54) is 6.08 Å². The lowest BCUT2D eigenvalue weighted by molar-refractivity contribution is 0.103. The Hall–Kier alpha value is -4.16. The molecule has 1 aliphatic rings. The molecule has 1 fully saturated rings. The fourth-order valence-electron chi connectivity index (χ4n) is 4.85. The molecule has 7 heteroatoms. The average Bonchev–Trinajstić information content (AvgIpc) is 3.01. The topological polar surface area (TPSA) is 60.9 Å². The van der Waals surface area contributed by atoms with Crippen molar-refractivity contribution in [2.45, 2.75) is 6.54 Å². The number of phenols is 1. The van der Waals surface area contributed by atoms with Crippen molar-refractivity contribution in [3.63, 3.8) is 0 Å². The number of piperazine rings is 1. The van der Waals surface area contributed by atoms with Crippen LogP contribution in [0.15, 0.2) is 103 Å². The summed E-state index contributed by atoms with van der Waals surface area (Å²) in [5.41, 5.74) is 4.48. The largest absolute Gasteiger partial charge is 0.508 e. The van der Waals surface area contributed by atoms with Gasteiger partial charge in [-0.3, -0.25) is 14.5 Å². The zero-order chi connectivity index (χ0) is 29.5. The van der Waals surface area contributed by atoms with E-state index in [4.69, 9.17) is 23.2 Å². The van der Waals surface area contributed by atoms with Gasteiger partial charge in [-0.1, -0.05) is 59.6 Å². The van der Waals surface area contributed by atoms with E-state index in [-0.39, 0.29) is 17.3 Å². The van der Waals surface area contributed by atoms with Crippen molar-refractivity contribution in [1.29, 1.82) is 0 Å². The smallest absolute Gasteiger partial charge is 0.185 e. The number of halogens is 2. The first-order valence-electron chi connectivity index (χ1n) is 13.7. The van der Waals surface area contributed by atoms with Crippen molar-refractivity contribution in [3.05, 3.63) is 141 Å². The average molecular weight is 598 g/mol. The van der Waals surface area contributed by atoms with Crippen LogP contribution in [0.3, 0.4) is 0 Å². The van der Waals surface area contributed by atoms with Gasteiger partial charge in [0.15, 0.2) is 11.6 Å². The van der Waals surface area contributed by atoms with Gasteiger partial charge in [0.25, 0.3) is 0 Å². The summed E-state index contributed by atoms with van der Waals surface area (Å²) in [5, 5.41) is 11.7. The monoisotopic (exact) mass is 596 g/mol. The second-order valence-corrected chi connectivity index (χ2v) is 10.9. The van der Waals surface area contributed by atoms with Gasteiger partial charge in [-0.2, -0.15) is 0 Å². The second kappa shape index (κ2) is 13.7. The summed E-state index contributed by atoms with van der Waals surface area (Å²) in [6, 6.07) is 27.4. The molecular weight excluding hydrogens is 567 g/mol. The van der Waals surface area contributed by atoms with E-state index in [1.54, 1.807) is 48.6 Å². The van der Waals surface area contributed by atoms with Gasteiger partial charge in [0.2, 0.25) is 0 Å². The highest BCUT2D eigenvalue weighted by Gasteiger charge is 2.19. The maximum Gasteiger partial charge on any atom is 0.185 e. The van der Waals surface area contributed by atoms with E-state index >= 15 is 0 Å². The number of aromatic hydroxyl groups is 1. The number of rotatable bonds is 9. The molecule has 4 aromatic rings. The molecule has 0 radical (unpaired) electrons. The third kappa shape index (κ3) is 7.37. The van der Waals surface area contributed by atoms with Crippen LogP contribution in [-0.4, -0.2) is 47.8 Å². The number of carbonyl (C=O) groups is 2. The highest BCUT2D eigenvalue weighted by Crippen LogP contribution is 2.24. The minimum absolute atomic E-state index is 0.0776. The fraction of sp³-hybridized carbons (Fsp3) is 0.143. The molecule has 0 bridgehead atoms. The molecule has 212 valence electrons. The number of benzene rings is 4. The van der Waals surface area contributed by atoms with E-state index in [2.05, 4.69) is 9.80 Å². The highest BCUT2D eigenvalue weighted by atomic mass is 35.5. The number of carbonyl (C=O) groups excluding carboxylic acids is 2. The molecule has 0 saturated carbocycles. The highest BCUT2D eigenvalue weighted by molar-refractivity contribution is 6.32. The van der Waals surface area contributed by atoms with Gasteiger partial charge in [0.1, 0.15) is 5.75 Å². The Kier molecular flexibility index (Phi) is 9.55. The number of anilines is 1. The summed E-state index contributed by atoms with van der Waals surface area (Å²) in [6.07, 6.45) is 6.49. The third-order valence-corrected chi connectivity index (χ3v) is 7.97. The van der Waals surface area contributed by atoms with Crippen molar-refractivity contribution in [3.8, 4) is 5.75 Å². The van der Waals surface area contributed by atoms with E-state index in [0.29, 0.717) is 33.3 Å². The SMILES string of the molecule is O=C(/C=C/c1ccccc1Cl)c1ccc(N2CCN(Cc3cc(C(=O)/C=C/c4ccccc4Cl)ccc3O)CC2)cc1. The molecule has 5 nitrogen and oxygen atoms in total. The summed E-state index contributed by atoms with van der Waals surface area (Å²) in [5.74, 6) is -0.0543. The normalized spacial score (nSPS) is 14.1. The maximum atomic E-state index is 12.8.